The van der Waals surface area contributed by atoms with E-state index in [0.29, 0.717) is 12.0 Å². The Hall–Kier alpha value is -1.15. The van der Waals surface area contributed by atoms with Crippen LogP contribution < -0.4 is 10.6 Å². The maximum Gasteiger partial charge on any atom is 0.191 e. The number of nitrogens with one attached hydrogen (secondary N) is 2. The van der Waals surface area contributed by atoms with Crippen LogP contribution in [0.15, 0.2) is 16.4 Å². The minimum atomic E-state index is 0.480. The van der Waals surface area contributed by atoms with Gasteiger partial charge < -0.3 is 20.1 Å². The monoisotopic (exact) mass is 394 g/mol. The largest absolute Gasteiger partial charge is 0.381 e. The van der Waals surface area contributed by atoms with Crippen LogP contribution in [0, 0.1) is 5.92 Å². The zero-order chi connectivity index (χ0) is 18.9. The van der Waals surface area contributed by atoms with Gasteiger partial charge in [0.2, 0.25) is 0 Å². The van der Waals surface area contributed by atoms with Gasteiger partial charge in [0.15, 0.2) is 5.96 Å². The molecule has 2 N–H and O–H groups in total. The van der Waals surface area contributed by atoms with E-state index in [1.807, 2.05) is 18.4 Å². The number of hydrogen-bond donors (Lipinski definition) is 2. The van der Waals surface area contributed by atoms with Crippen molar-refractivity contribution in [2.45, 2.75) is 38.8 Å². The zero-order valence-corrected chi connectivity index (χ0v) is 17.5. The number of fused-ring (bicyclic) bond motifs is 1. The molecule has 152 valence electrons. The topological polar surface area (TPSA) is 58.1 Å². The maximum atomic E-state index is 5.75. The second kappa shape index (κ2) is 11.0. The molecule has 6 nitrogen and oxygen atoms in total. The van der Waals surface area contributed by atoms with Gasteiger partial charge in [-0.2, -0.15) is 0 Å². The quantitative estimate of drug-likeness (QED) is 0.382. The van der Waals surface area contributed by atoms with Crippen LogP contribution in [-0.2, 0) is 22.4 Å². The summed E-state index contributed by atoms with van der Waals surface area (Å²) in [6, 6.07) is 2.75. The van der Waals surface area contributed by atoms with Gasteiger partial charge in [-0.25, -0.2) is 0 Å². The molecule has 2 aliphatic heterocycles. The summed E-state index contributed by atoms with van der Waals surface area (Å²) in [7, 11) is 1.83. The van der Waals surface area contributed by atoms with Gasteiger partial charge in [-0.3, -0.25) is 9.89 Å². The van der Waals surface area contributed by atoms with Gasteiger partial charge in [0.1, 0.15) is 0 Å². The number of nitrogens with zero attached hydrogens (tertiary/aromatic N) is 2. The molecule has 0 amide bonds. The molecule has 2 atom stereocenters. The minimum absolute atomic E-state index is 0.480. The van der Waals surface area contributed by atoms with Crippen LogP contribution in [0.2, 0.25) is 0 Å². The smallest absolute Gasteiger partial charge is 0.191 e. The van der Waals surface area contributed by atoms with Crippen LogP contribution in [0.25, 0.3) is 0 Å². The Morgan fingerprint density at radius 3 is 3.22 bits per heavy atom. The Morgan fingerprint density at radius 2 is 2.41 bits per heavy atom. The average molecular weight is 395 g/mol. The van der Waals surface area contributed by atoms with Gasteiger partial charge in [0, 0.05) is 63.3 Å². The van der Waals surface area contributed by atoms with Gasteiger partial charge in [-0.15, -0.1) is 11.3 Å². The third-order valence-electron chi connectivity index (χ3n) is 5.38. The second-order valence-electron chi connectivity index (χ2n) is 7.48. The minimum Gasteiger partial charge on any atom is -0.381 e. The lowest BCUT2D eigenvalue weighted by atomic mass is 10.1. The molecule has 3 heterocycles. The fraction of sp³-hybridized carbons (Fsp3) is 0.750. The molecule has 1 aromatic rings. The van der Waals surface area contributed by atoms with Crippen molar-refractivity contribution >= 4 is 17.3 Å². The molecule has 1 aromatic heterocycles. The molecule has 0 bridgehead atoms. The summed E-state index contributed by atoms with van der Waals surface area (Å²) < 4.78 is 11.1. The van der Waals surface area contributed by atoms with Gasteiger partial charge in [0.05, 0.1) is 13.2 Å². The predicted molar refractivity (Wildman–Crippen MR) is 112 cm³/mol. The van der Waals surface area contributed by atoms with Crippen molar-refractivity contribution in [3.05, 3.63) is 21.9 Å². The van der Waals surface area contributed by atoms with E-state index in [2.05, 4.69) is 38.9 Å². The summed E-state index contributed by atoms with van der Waals surface area (Å²) >= 11 is 1.89. The Bertz CT molecular complexity index is 586. The van der Waals surface area contributed by atoms with Gasteiger partial charge in [0.25, 0.3) is 0 Å². The third kappa shape index (κ3) is 6.45. The number of guanidine groups is 1. The first kappa shape index (κ1) is 20.6. The summed E-state index contributed by atoms with van der Waals surface area (Å²) in [5, 5.41) is 9.06. The van der Waals surface area contributed by atoms with Gasteiger partial charge in [-0.1, -0.05) is 0 Å². The average Bonchev–Trinajstić information content (AvgIpc) is 3.37. The summed E-state index contributed by atoms with van der Waals surface area (Å²) in [5.74, 6) is 1.47. The van der Waals surface area contributed by atoms with Crippen LogP contribution in [0.3, 0.4) is 0 Å². The van der Waals surface area contributed by atoms with E-state index in [1.165, 1.54) is 12.0 Å². The van der Waals surface area contributed by atoms with Crippen LogP contribution in [-0.4, -0.2) is 70.0 Å². The molecule has 0 aliphatic carbocycles. The maximum absolute atomic E-state index is 5.75. The molecule has 2 aliphatic rings. The molecule has 0 spiro atoms. The molecule has 1 saturated heterocycles. The van der Waals surface area contributed by atoms with E-state index in [1.54, 1.807) is 4.88 Å². The van der Waals surface area contributed by atoms with E-state index in [9.17, 15) is 0 Å². The highest BCUT2D eigenvalue weighted by Crippen LogP contribution is 2.24. The van der Waals surface area contributed by atoms with Gasteiger partial charge in [-0.05, 0) is 43.2 Å². The molecule has 0 aromatic carbocycles. The van der Waals surface area contributed by atoms with Crippen molar-refractivity contribution in [1.29, 1.82) is 0 Å². The number of thiophene rings is 1. The molecule has 3 rings (SSSR count). The fourth-order valence-corrected chi connectivity index (χ4v) is 4.48. The molecular formula is C20H34N4O2S. The van der Waals surface area contributed by atoms with Crippen molar-refractivity contribution < 1.29 is 9.47 Å². The Kier molecular flexibility index (Phi) is 8.38. The summed E-state index contributed by atoms with van der Waals surface area (Å²) in [6.07, 6.45) is 3.30. The van der Waals surface area contributed by atoms with Crippen molar-refractivity contribution in [3.8, 4) is 0 Å². The van der Waals surface area contributed by atoms with Crippen LogP contribution in [0.5, 0.6) is 0 Å². The molecule has 0 saturated carbocycles. The Morgan fingerprint density at radius 1 is 1.48 bits per heavy atom. The zero-order valence-electron chi connectivity index (χ0n) is 16.7. The number of rotatable bonds is 9. The normalized spacial score (nSPS) is 21.9. The fourth-order valence-electron chi connectivity index (χ4n) is 3.59. The first-order valence-electron chi connectivity index (χ1n) is 10.2. The second-order valence-corrected chi connectivity index (χ2v) is 8.48. The van der Waals surface area contributed by atoms with E-state index in [4.69, 9.17) is 9.47 Å². The number of aliphatic imine (C=N–C) groups is 1. The lowest BCUT2D eigenvalue weighted by Crippen LogP contribution is -2.47. The molecule has 0 radical (unpaired) electrons. The summed E-state index contributed by atoms with van der Waals surface area (Å²) in [5.41, 5.74) is 1.50. The lowest BCUT2D eigenvalue weighted by Gasteiger charge is -2.32. The third-order valence-corrected chi connectivity index (χ3v) is 6.41. The van der Waals surface area contributed by atoms with E-state index in [0.717, 1.165) is 71.4 Å². The van der Waals surface area contributed by atoms with Crippen LogP contribution >= 0.6 is 11.3 Å². The number of hydrogen-bond acceptors (Lipinski definition) is 5. The molecule has 7 heteroatoms. The number of ether oxygens (including phenoxy) is 2. The highest BCUT2D eigenvalue weighted by molar-refractivity contribution is 7.10. The molecular weight excluding hydrogens is 360 g/mol. The van der Waals surface area contributed by atoms with Crippen molar-refractivity contribution in [3.63, 3.8) is 0 Å². The Balaban J connectivity index is 1.26. The van der Waals surface area contributed by atoms with Gasteiger partial charge >= 0.3 is 0 Å². The van der Waals surface area contributed by atoms with E-state index in [-0.39, 0.29) is 0 Å². The van der Waals surface area contributed by atoms with Crippen LogP contribution in [0.4, 0.5) is 0 Å². The van der Waals surface area contributed by atoms with Crippen molar-refractivity contribution in [2.75, 3.05) is 53.1 Å². The molecule has 2 unspecified atom stereocenters. The lowest BCUT2D eigenvalue weighted by molar-refractivity contribution is 0.0888. The Labute approximate surface area is 167 Å². The van der Waals surface area contributed by atoms with Crippen LogP contribution in [0.1, 0.15) is 30.2 Å². The summed E-state index contributed by atoms with van der Waals surface area (Å²) in [6.45, 7) is 9.63. The highest BCUT2D eigenvalue weighted by Gasteiger charge is 2.21. The van der Waals surface area contributed by atoms with E-state index >= 15 is 0 Å². The SMILES string of the molecule is CN=C(NCCCOCC1CCOC1)NCC(C)N1CCc2sccc2C1. The predicted octanol–water partition coefficient (Wildman–Crippen LogP) is 2.10. The first-order valence-corrected chi connectivity index (χ1v) is 11.0. The molecule has 27 heavy (non-hydrogen) atoms. The van der Waals surface area contributed by atoms with Crippen molar-refractivity contribution in [1.82, 2.24) is 15.5 Å². The standard InChI is InChI=1S/C20H34N4O2S/c1-16(24-8-4-19-18(13-24)6-11-27-19)12-23-20(21-2)22-7-3-9-25-14-17-5-10-26-15-17/h6,11,16-17H,3-5,7-10,12-15H2,1-2H3,(H2,21,22,23). The summed E-state index contributed by atoms with van der Waals surface area (Å²) in [4.78, 5) is 8.45. The van der Waals surface area contributed by atoms with E-state index < -0.39 is 0 Å². The molecule has 1 fully saturated rings. The first-order chi connectivity index (χ1) is 13.3. The van der Waals surface area contributed by atoms with Crippen molar-refractivity contribution in [2.24, 2.45) is 10.9 Å². The highest BCUT2D eigenvalue weighted by atomic mass is 32.1.